The molecule has 4 nitrogen and oxygen atoms in total. The standard InChI is InChI=1S/C16H30N4S/c1-5-9-14-18-15(17-10-6-2)13-16(19-14)21-12-11-20(7-3)8-4/h13H,5-12H2,1-4H3,(H,17,18,19). The fourth-order valence-corrected chi connectivity index (χ4v) is 2.97. The molecule has 0 aliphatic heterocycles. The van der Waals surface area contributed by atoms with Gasteiger partial charge in [0.15, 0.2) is 0 Å². The Morgan fingerprint density at radius 3 is 2.48 bits per heavy atom. The Labute approximate surface area is 134 Å². The van der Waals surface area contributed by atoms with Gasteiger partial charge < -0.3 is 10.2 Å². The normalized spacial score (nSPS) is 11.1. The number of thioether (sulfide) groups is 1. The summed E-state index contributed by atoms with van der Waals surface area (Å²) in [6, 6.07) is 2.09. The molecule has 0 radical (unpaired) electrons. The Morgan fingerprint density at radius 2 is 1.86 bits per heavy atom. The van der Waals surface area contributed by atoms with Gasteiger partial charge in [0.25, 0.3) is 0 Å². The Bertz CT molecular complexity index is 394. The van der Waals surface area contributed by atoms with E-state index in [9.17, 15) is 0 Å². The number of nitrogens with one attached hydrogen (secondary N) is 1. The average molecular weight is 311 g/mol. The summed E-state index contributed by atoms with van der Waals surface area (Å²) in [5.41, 5.74) is 0. The van der Waals surface area contributed by atoms with Crippen LogP contribution < -0.4 is 5.32 Å². The average Bonchev–Trinajstić information content (AvgIpc) is 2.50. The van der Waals surface area contributed by atoms with E-state index in [1.165, 1.54) is 0 Å². The molecule has 5 heteroatoms. The van der Waals surface area contributed by atoms with Crippen LogP contribution in [-0.2, 0) is 6.42 Å². The van der Waals surface area contributed by atoms with Crippen LogP contribution in [0.15, 0.2) is 11.1 Å². The van der Waals surface area contributed by atoms with Gasteiger partial charge in [0.05, 0.1) is 0 Å². The molecular weight excluding hydrogens is 280 g/mol. The van der Waals surface area contributed by atoms with E-state index in [1.54, 1.807) is 0 Å². The van der Waals surface area contributed by atoms with Gasteiger partial charge in [-0.1, -0.05) is 27.7 Å². The highest BCUT2D eigenvalue weighted by atomic mass is 32.2. The second kappa shape index (κ2) is 10.9. The molecular formula is C16H30N4S. The summed E-state index contributed by atoms with van der Waals surface area (Å²) in [5.74, 6) is 3.02. The van der Waals surface area contributed by atoms with Crippen molar-refractivity contribution in [1.29, 1.82) is 0 Å². The molecule has 0 bridgehead atoms. The lowest BCUT2D eigenvalue weighted by molar-refractivity contribution is 0.324. The summed E-state index contributed by atoms with van der Waals surface area (Å²) >= 11 is 1.83. The van der Waals surface area contributed by atoms with Gasteiger partial charge in [0.2, 0.25) is 0 Å². The fourth-order valence-electron chi connectivity index (χ4n) is 2.04. The van der Waals surface area contributed by atoms with Crippen LogP contribution in [0.2, 0.25) is 0 Å². The van der Waals surface area contributed by atoms with E-state index < -0.39 is 0 Å². The van der Waals surface area contributed by atoms with Crippen LogP contribution in [-0.4, -0.2) is 46.8 Å². The van der Waals surface area contributed by atoms with Crippen molar-refractivity contribution < 1.29 is 0 Å². The minimum absolute atomic E-state index is 0.950. The van der Waals surface area contributed by atoms with E-state index in [-0.39, 0.29) is 0 Å². The first kappa shape index (κ1) is 18.2. The minimum Gasteiger partial charge on any atom is -0.370 e. The number of anilines is 1. The minimum atomic E-state index is 0.950. The molecule has 1 rings (SSSR count). The van der Waals surface area contributed by atoms with Crippen LogP contribution in [0.25, 0.3) is 0 Å². The highest BCUT2D eigenvalue weighted by Gasteiger charge is 2.06. The van der Waals surface area contributed by atoms with Gasteiger partial charge in [-0.2, -0.15) is 0 Å². The topological polar surface area (TPSA) is 41.0 Å². The summed E-state index contributed by atoms with van der Waals surface area (Å²) < 4.78 is 0. The quantitative estimate of drug-likeness (QED) is 0.499. The van der Waals surface area contributed by atoms with Crippen LogP contribution in [0.1, 0.15) is 46.4 Å². The van der Waals surface area contributed by atoms with Crippen molar-refractivity contribution in [1.82, 2.24) is 14.9 Å². The highest BCUT2D eigenvalue weighted by Crippen LogP contribution is 2.19. The molecule has 1 heterocycles. The van der Waals surface area contributed by atoms with Gasteiger partial charge in [0, 0.05) is 31.3 Å². The zero-order valence-electron chi connectivity index (χ0n) is 14.0. The lowest BCUT2D eigenvalue weighted by Gasteiger charge is -2.17. The van der Waals surface area contributed by atoms with E-state index in [0.717, 1.165) is 67.9 Å². The second-order valence-electron chi connectivity index (χ2n) is 5.06. The number of hydrogen-bond acceptors (Lipinski definition) is 5. The van der Waals surface area contributed by atoms with Gasteiger partial charge in [0.1, 0.15) is 16.7 Å². The van der Waals surface area contributed by atoms with Gasteiger partial charge in [-0.25, -0.2) is 9.97 Å². The van der Waals surface area contributed by atoms with Crippen molar-refractivity contribution >= 4 is 17.6 Å². The van der Waals surface area contributed by atoms with E-state index in [1.807, 2.05) is 11.8 Å². The molecule has 0 amide bonds. The molecule has 120 valence electrons. The molecule has 1 N–H and O–H groups in total. The van der Waals surface area contributed by atoms with Crippen molar-refractivity contribution in [2.75, 3.05) is 37.2 Å². The molecule has 1 aromatic rings. The van der Waals surface area contributed by atoms with Crippen molar-refractivity contribution in [2.45, 2.75) is 52.0 Å². The molecule has 21 heavy (non-hydrogen) atoms. The molecule has 0 saturated carbocycles. The van der Waals surface area contributed by atoms with E-state index in [4.69, 9.17) is 0 Å². The van der Waals surface area contributed by atoms with Gasteiger partial charge in [-0.05, 0) is 25.9 Å². The molecule has 0 unspecified atom stereocenters. The van der Waals surface area contributed by atoms with Crippen LogP contribution in [0.5, 0.6) is 0 Å². The van der Waals surface area contributed by atoms with Crippen molar-refractivity contribution in [2.24, 2.45) is 0 Å². The third kappa shape index (κ3) is 7.14. The summed E-state index contributed by atoms with van der Waals surface area (Å²) in [6.07, 6.45) is 3.14. The molecule has 0 atom stereocenters. The number of nitrogens with zero attached hydrogens (tertiary/aromatic N) is 3. The Kier molecular flexibility index (Phi) is 9.42. The summed E-state index contributed by atoms with van der Waals surface area (Å²) in [5, 5.41) is 4.48. The van der Waals surface area contributed by atoms with Crippen LogP contribution in [0.4, 0.5) is 5.82 Å². The maximum atomic E-state index is 4.67. The fraction of sp³-hybridized carbons (Fsp3) is 0.750. The predicted molar refractivity (Wildman–Crippen MR) is 93.3 cm³/mol. The lowest BCUT2D eigenvalue weighted by atomic mass is 10.3. The largest absolute Gasteiger partial charge is 0.370 e. The SMILES string of the molecule is CCCNc1cc(SCCN(CC)CC)nc(CCC)n1. The maximum Gasteiger partial charge on any atom is 0.132 e. The van der Waals surface area contributed by atoms with Gasteiger partial charge in [-0.3, -0.25) is 0 Å². The summed E-state index contributed by atoms with van der Waals surface area (Å²) in [7, 11) is 0. The summed E-state index contributed by atoms with van der Waals surface area (Å²) in [4.78, 5) is 11.7. The first-order chi connectivity index (χ1) is 10.2. The molecule has 0 spiro atoms. The van der Waals surface area contributed by atoms with Crippen LogP contribution in [0, 0.1) is 0 Å². The molecule has 0 aliphatic carbocycles. The smallest absolute Gasteiger partial charge is 0.132 e. The van der Waals surface area contributed by atoms with Crippen LogP contribution in [0.3, 0.4) is 0 Å². The molecule has 1 aromatic heterocycles. The first-order valence-electron chi connectivity index (χ1n) is 8.20. The van der Waals surface area contributed by atoms with E-state index >= 15 is 0 Å². The zero-order valence-corrected chi connectivity index (χ0v) is 14.8. The third-order valence-corrected chi connectivity index (χ3v) is 4.22. The van der Waals surface area contributed by atoms with Crippen molar-refractivity contribution in [3.8, 4) is 0 Å². The number of rotatable bonds is 11. The second-order valence-corrected chi connectivity index (χ2v) is 6.17. The zero-order chi connectivity index (χ0) is 15.5. The van der Waals surface area contributed by atoms with Crippen molar-refractivity contribution in [3.05, 3.63) is 11.9 Å². The Morgan fingerprint density at radius 1 is 1.10 bits per heavy atom. The van der Waals surface area contributed by atoms with Crippen molar-refractivity contribution in [3.63, 3.8) is 0 Å². The summed E-state index contributed by atoms with van der Waals surface area (Å²) in [6.45, 7) is 13.1. The van der Waals surface area contributed by atoms with E-state index in [2.05, 4.69) is 53.9 Å². The lowest BCUT2D eigenvalue weighted by Crippen LogP contribution is -2.25. The Hall–Kier alpha value is -0.810. The maximum absolute atomic E-state index is 4.67. The highest BCUT2D eigenvalue weighted by molar-refractivity contribution is 7.99. The Balaban J connectivity index is 2.63. The number of hydrogen-bond donors (Lipinski definition) is 1. The first-order valence-corrected chi connectivity index (χ1v) is 9.18. The van der Waals surface area contributed by atoms with Gasteiger partial charge >= 0.3 is 0 Å². The number of aryl methyl sites for hydroxylation is 1. The third-order valence-electron chi connectivity index (χ3n) is 3.33. The molecule has 0 aromatic carbocycles. The predicted octanol–water partition coefficient (Wildman–Crippen LogP) is 3.68. The monoisotopic (exact) mass is 310 g/mol. The molecule has 0 aliphatic rings. The number of aromatic nitrogens is 2. The van der Waals surface area contributed by atoms with Gasteiger partial charge in [-0.15, -0.1) is 11.8 Å². The van der Waals surface area contributed by atoms with Crippen LogP contribution >= 0.6 is 11.8 Å². The van der Waals surface area contributed by atoms with E-state index in [0.29, 0.717) is 0 Å². The molecule has 0 fully saturated rings. The molecule has 0 saturated heterocycles.